The zero-order valence-electron chi connectivity index (χ0n) is 10.8. The third-order valence-electron chi connectivity index (χ3n) is 3.49. The van der Waals surface area contributed by atoms with Gasteiger partial charge >= 0.3 is 0 Å². The number of anilines is 2. The summed E-state index contributed by atoms with van der Waals surface area (Å²) in [5, 5.41) is 12.4. The van der Waals surface area contributed by atoms with Crippen molar-refractivity contribution < 1.29 is 0 Å². The molecule has 1 aliphatic rings. The molecule has 0 bridgehead atoms. The highest BCUT2D eigenvalue weighted by atomic mass is 15.2. The van der Waals surface area contributed by atoms with E-state index in [9.17, 15) is 0 Å². The average molecular weight is 244 g/mol. The normalized spacial score (nSPS) is 20.3. The van der Waals surface area contributed by atoms with E-state index in [1.165, 1.54) is 13.0 Å². The maximum absolute atomic E-state index is 8.91. The minimum absolute atomic E-state index is 0.426. The second-order valence-electron chi connectivity index (χ2n) is 4.79. The molecule has 1 fully saturated rings. The Kier molecular flexibility index (Phi) is 4.06. The van der Waals surface area contributed by atoms with Crippen LogP contribution in [0.4, 0.5) is 11.4 Å². The molecule has 1 unspecified atom stereocenters. The summed E-state index contributed by atoms with van der Waals surface area (Å²) in [4.78, 5) is 2.44. The van der Waals surface area contributed by atoms with Gasteiger partial charge in [0.2, 0.25) is 0 Å². The van der Waals surface area contributed by atoms with Crippen molar-refractivity contribution in [2.45, 2.75) is 25.8 Å². The molecule has 0 spiro atoms. The number of piperidine rings is 1. The van der Waals surface area contributed by atoms with Gasteiger partial charge in [-0.1, -0.05) is 6.92 Å². The number of nitrogens with one attached hydrogen (secondary N) is 1. The quantitative estimate of drug-likeness (QED) is 0.799. The highest BCUT2D eigenvalue weighted by Gasteiger charge is 2.19. The number of nitriles is 1. The number of likely N-dealkylation sites (tertiary alicyclic amines) is 1. The van der Waals surface area contributed by atoms with Crippen molar-refractivity contribution in [2.24, 2.45) is 0 Å². The van der Waals surface area contributed by atoms with Gasteiger partial charge in [-0.3, -0.25) is 0 Å². The van der Waals surface area contributed by atoms with Crippen LogP contribution in [-0.4, -0.2) is 30.6 Å². The third-order valence-corrected chi connectivity index (χ3v) is 3.49. The van der Waals surface area contributed by atoms with Gasteiger partial charge in [-0.2, -0.15) is 5.26 Å². The van der Waals surface area contributed by atoms with Gasteiger partial charge in [-0.15, -0.1) is 0 Å². The molecule has 4 nitrogen and oxygen atoms in total. The summed E-state index contributed by atoms with van der Waals surface area (Å²) in [5.74, 6) is 0. The van der Waals surface area contributed by atoms with Crippen molar-refractivity contribution in [1.82, 2.24) is 4.90 Å². The second-order valence-corrected chi connectivity index (χ2v) is 4.79. The number of nitrogens with zero attached hydrogens (tertiary/aromatic N) is 2. The molecule has 0 amide bonds. The molecule has 3 N–H and O–H groups in total. The van der Waals surface area contributed by atoms with Gasteiger partial charge in [0.1, 0.15) is 0 Å². The molecule has 1 aromatic rings. The van der Waals surface area contributed by atoms with E-state index in [0.29, 0.717) is 17.3 Å². The first-order chi connectivity index (χ1) is 8.72. The molecule has 1 aliphatic heterocycles. The molecule has 4 heteroatoms. The summed E-state index contributed by atoms with van der Waals surface area (Å²) in [6, 6.07) is 7.95. The summed E-state index contributed by atoms with van der Waals surface area (Å²) in [6.45, 7) is 5.51. The molecule has 96 valence electrons. The Bertz CT molecular complexity index is 450. The van der Waals surface area contributed by atoms with E-state index < -0.39 is 0 Å². The van der Waals surface area contributed by atoms with E-state index in [1.54, 1.807) is 12.1 Å². The zero-order chi connectivity index (χ0) is 13.0. The van der Waals surface area contributed by atoms with Gasteiger partial charge in [0.05, 0.1) is 23.0 Å². The third kappa shape index (κ3) is 2.93. The Balaban J connectivity index is 2.07. The zero-order valence-corrected chi connectivity index (χ0v) is 10.8. The van der Waals surface area contributed by atoms with Crippen LogP contribution in [0, 0.1) is 11.3 Å². The summed E-state index contributed by atoms with van der Waals surface area (Å²) in [7, 11) is 0. The number of benzene rings is 1. The van der Waals surface area contributed by atoms with Crippen LogP contribution in [0.5, 0.6) is 0 Å². The minimum Gasteiger partial charge on any atom is -0.397 e. The SMILES string of the molecule is CCN1CCCC(Nc2cc(C#N)ccc2N)C1. The highest BCUT2D eigenvalue weighted by molar-refractivity contribution is 5.68. The standard InChI is InChI=1S/C14H20N4/c1-2-18-7-3-4-12(10-18)17-14-8-11(9-15)5-6-13(14)16/h5-6,8,12,17H,2-4,7,10,16H2,1H3. The maximum atomic E-state index is 8.91. The first-order valence-corrected chi connectivity index (χ1v) is 6.51. The molecule has 1 atom stereocenters. The van der Waals surface area contributed by atoms with Crippen LogP contribution in [0.2, 0.25) is 0 Å². The van der Waals surface area contributed by atoms with Crippen molar-refractivity contribution in [3.8, 4) is 6.07 Å². The van der Waals surface area contributed by atoms with Crippen LogP contribution in [0.1, 0.15) is 25.3 Å². The van der Waals surface area contributed by atoms with Crippen molar-refractivity contribution in [3.63, 3.8) is 0 Å². The van der Waals surface area contributed by atoms with Gasteiger partial charge < -0.3 is 16.0 Å². The summed E-state index contributed by atoms with van der Waals surface area (Å²) in [6.07, 6.45) is 2.37. The number of nitrogen functional groups attached to an aromatic ring is 1. The molecule has 1 aromatic carbocycles. The molecule has 0 saturated carbocycles. The molecule has 2 rings (SSSR count). The summed E-state index contributed by atoms with van der Waals surface area (Å²) < 4.78 is 0. The second kappa shape index (κ2) is 5.74. The number of nitrogens with two attached hydrogens (primary N) is 1. The van der Waals surface area contributed by atoms with Gasteiger partial charge in [0.15, 0.2) is 0 Å². The predicted molar refractivity (Wildman–Crippen MR) is 74.3 cm³/mol. The number of hydrogen-bond donors (Lipinski definition) is 2. The van der Waals surface area contributed by atoms with Gasteiger partial charge in [-0.05, 0) is 44.1 Å². The average Bonchev–Trinajstić information content (AvgIpc) is 2.41. The maximum Gasteiger partial charge on any atom is 0.0992 e. The molecular formula is C14H20N4. The minimum atomic E-state index is 0.426. The van der Waals surface area contributed by atoms with Crippen LogP contribution >= 0.6 is 0 Å². The smallest absolute Gasteiger partial charge is 0.0992 e. The van der Waals surface area contributed by atoms with E-state index in [-0.39, 0.29) is 0 Å². The largest absolute Gasteiger partial charge is 0.397 e. The van der Waals surface area contributed by atoms with Crippen molar-refractivity contribution in [1.29, 1.82) is 5.26 Å². The lowest BCUT2D eigenvalue weighted by Crippen LogP contribution is -2.41. The Morgan fingerprint density at radius 2 is 2.39 bits per heavy atom. The monoisotopic (exact) mass is 244 g/mol. The van der Waals surface area contributed by atoms with Crippen LogP contribution in [0.25, 0.3) is 0 Å². The van der Waals surface area contributed by atoms with E-state index in [0.717, 1.165) is 25.2 Å². The van der Waals surface area contributed by atoms with Crippen LogP contribution in [-0.2, 0) is 0 Å². The van der Waals surface area contributed by atoms with Gasteiger partial charge in [0.25, 0.3) is 0 Å². The lowest BCUT2D eigenvalue weighted by Gasteiger charge is -2.33. The van der Waals surface area contributed by atoms with E-state index in [1.807, 2.05) is 6.07 Å². The lowest BCUT2D eigenvalue weighted by molar-refractivity contribution is 0.227. The fraction of sp³-hybridized carbons (Fsp3) is 0.500. The number of likely N-dealkylation sites (N-methyl/N-ethyl adjacent to an activating group) is 1. The summed E-state index contributed by atoms with van der Waals surface area (Å²) >= 11 is 0. The van der Waals surface area contributed by atoms with Crippen molar-refractivity contribution >= 4 is 11.4 Å². The Hall–Kier alpha value is -1.73. The molecular weight excluding hydrogens is 224 g/mol. The Labute approximate surface area is 108 Å². The number of rotatable bonds is 3. The van der Waals surface area contributed by atoms with Crippen molar-refractivity contribution in [3.05, 3.63) is 23.8 Å². The van der Waals surface area contributed by atoms with E-state index in [2.05, 4.69) is 23.2 Å². The first kappa shape index (κ1) is 12.7. The van der Waals surface area contributed by atoms with Gasteiger partial charge in [0, 0.05) is 12.6 Å². The Morgan fingerprint density at radius 3 is 3.11 bits per heavy atom. The van der Waals surface area contributed by atoms with Crippen LogP contribution in [0.3, 0.4) is 0 Å². The van der Waals surface area contributed by atoms with Crippen LogP contribution < -0.4 is 11.1 Å². The fourth-order valence-electron chi connectivity index (χ4n) is 2.43. The molecule has 0 aromatic heterocycles. The van der Waals surface area contributed by atoms with Gasteiger partial charge in [-0.25, -0.2) is 0 Å². The van der Waals surface area contributed by atoms with E-state index >= 15 is 0 Å². The fourth-order valence-corrected chi connectivity index (χ4v) is 2.43. The summed E-state index contributed by atoms with van der Waals surface area (Å²) in [5.41, 5.74) is 8.19. The lowest BCUT2D eigenvalue weighted by atomic mass is 10.0. The Morgan fingerprint density at radius 1 is 1.56 bits per heavy atom. The topological polar surface area (TPSA) is 65.1 Å². The first-order valence-electron chi connectivity index (χ1n) is 6.51. The molecule has 0 radical (unpaired) electrons. The molecule has 18 heavy (non-hydrogen) atoms. The predicted octanol–water partition coefficient (Wildman–Crippen LogP) is 2.04. The van der Waals surface area contributed by atoms with Crippen LogP contribution in [0.15, 0.2) is 18.2 Å². The van der Waals surface area contributed by atoms with Crippen molar-refractivity contribution in [2.75, 3.05) is 30.7 Å². The number of hydrogen-bond acceptors (Lipinski definition) is 4. The molecule has 1 heterocycles. The molecule has 0 aliphatic carbocycles. The van der Waals surface area contributed by atoms with E-state index in [4.69, 9.17) is 11.0 Å². The molecule has 1 saturated heterocycles. The highest BCUT2D eigenvalue weighted by Crippen LogP contribution is 2.23.